The molecular formula is C6H3ClF2N2O2. The largest absolute Gasteiger partial charge is 0.476 e. The third-order valence-electron chi connectivity index (χ3n) is 1.18. The zero-order chi connectivity index (χ0) is 10.0. The lowest BCUT2D eigenvalue weighted by molar-refractivity contribution is 0.0674. The smallest absolute Gasteiger partial charge is 0.356 e. The van der Waals surface area contributed by atoms with Crippen LogP contribution < -0.4 is 0 Å². The third kappa shape index (κ3) is 2.09. The van der Waals surface area contributed by atoms with Gasteiger partial charge in [0, 0.05) is 0 Å². The minimum atomic E-state index is -3.00. The standard InChI is InChI=1S/C6H3ClF2N2O2/c7-2-1-10-4(6(12)13)3(11-2)5(8)9/h1,5H,(H,12,13). The van der Waals surface area contributed by atoms with Gasteiger partial charge in [0.15, 0.2) is 5.69 Å². The summed E-state index contributed by atoms with van der Waals surface area (Å²) in [7, 11) is 0. The number of carboxylic acids is 1. The molecule has 0 saturated carbocycles. The van der Waals surface area contributed by atoms with E-state index in [1.807, 2.05) is 0 Å². The van der Waals surface area contributed by atoms with Crippen molar-refractivity contribution < 1.29 is 18.7 Å². The molecule has 70 valence electrons. The summed E-state index contributed by atoms with van der Waals surface area (Å²) >= 11 is 5.27. The van der Waals surface area contributed by atoms with Crippen molar-refractivity contribution in [1.82, 2.24) is 9.97 Å². The van der Waals surface area contributed by atoms with Crippen LogP contribution in [0.1, 0.15) is 22.6 Å². The van der Waals surface area contributed by atoms with Crippen molar-refractivity contribution >= 4 is 17.6 Å². The van der Waals surface area contributed by atoms with E-state index in [1.54, 1.807) is 0 Å². The van der Waals surface area contributed by atoms with E-state index < -0.39 is 23.8 Å². The number of carboxylic acid groups (broad SMARTS) is 1. The maximum atomic E-state index is 12.1. The van der Waals surface area contributed by atoms with E-state index in [-0.39, 0.29) is 5.15 Å². The molecule has 4 nitrogen and oxygen atoms in total. The Balaban J connectivity index is 3.26. The van der Waals surface area contributed by atoms with E-state index in [2.05, 4.69) is 9.97 Å². The molecule has 0 aliphatic carbocycles. The van der Waals surface area contributed by atoms with Gasteiger partial charge in [0.25, 0.3) is 6.43 Å². The number of rotatable bonds is 2. The number of nitrogens with zero attached hydrogens (tertiary/aromatic N) is 2. The van der Waals surface area contributed by atoms with Gasteiger partial charge in [-0.15, -0.1) is 0 Å². The summed E-state index contributed by atoms with van der Waals surface area (Å²) in [5.41, 5.74) is -1.69. The quantitative estimate of drug-likeness (QED) is 0.805. The first-order valence-corrected chi connectivity index (χ1v) is 3.44. The third-order valence-corrected chi connectivity index (χ3v) is 1.36. The number of alkyl halides is 2. The number of aromatic nitrogens is 2. The zero-order valence-corrected chi connectivity index (χ0v) is 6.79. The summed E-state index contributed by atoms with van der Waals surface area (Å²) in [6.07, 6.45) is -2.10. The van der Waals surface area contributed by atoms with Crippen LogP contribution in [0, 0.1) is 0 Å². The topological polar surface area (TPSA) is 63.1 Å². The molecule has 1 rings (SSSR count). The van der Waals surface area contributed by atoms with Crippen molar-refractivity contribution in [2.45, 2.75) is 6.43 Å². The maximum Gasteiger partial charge on any atom is 0.356 e. The molecule has 0 unspecified atom stereocenters. The molecule has 0 radical (unpaired) electrons. The van der Waals surface area contributed by atoms with Crippen LogP contribution in [0.2, 0.25) is 5.15 Å². The fraction of sp³-hybridized carbons (Fsp3) is 0.167. The molecule has 1 aromatic rings. The molecule has 1 N–H and O–H groups in total. The minimum absolute atomic E-state index is 0.264. The van der Waals surface area contributed by atoms with Gasteiger partial charge in [-0.3, -0.25) is 0 Å². The Bertz CT molecular complexity index is 345. The monoisotopic (exact) mass is 208 g/mol. The molecule has 0 atom stereocenters. The normalized spacial score (nSPS) is 10.5. The van der Waals surface area contributed by atoms with Gasteiger partial charge in [-0.1, -0.05) is 11.6 Å². The van der Waals surface area contributed by atoms with Crippen LogP contribution in [0.4, 0.5) is 8.78 Å². The van der Waals surface area contributed by atoms with Crippen LogP contribution in [0.3, 0.4) is 0 Å². The number of hydrogen-bond donors (Lipinski definition) is 1. The first-order valence-electron chi connectivity index (χ1n) is 3.06. The molecule has 0 spiro atoms. The number of carbonyl (C=O) groups is 1. The number of aromatic carboxylic acids is 1. The van der Waals surface area contributed by atoms with E-state index in [1.165, 1.54) is 0 Å². The van der Waals surface area contributed by atoms with E-state index in [4.69, 9.17) is 16.7 Å². The molecule has 0 amide bonds. The van der Waals surface area contributed by atoms with Gasteiger partial charge in [0.1, 0.15) is 10.8 Å². The Hall–Kier alpha value is -1.30. The summed E-state index contributed by atoms with van der Waals surface area (Å²) < 4.78 is 24.3. The second-order valence-corrected chi connectivity index (χ2v) is 2.42. The summed E-state index contributed by atoms with van der Waals surface area (Å²) in [4.78, 5) is 16.7. The van der Waals surface area contributed by atoms with Gasteiger partial charge >= 0.3 is 5.97 Å². The summed E-state index contributed by atoms with van der Waals surface area (Å²) in [5, 5.41) is 8.16. The molecule has 1 aromatic heterocycles. The van der Waals surface area contributed by atoms with Crippen molar-refractivity contribution in [1.29, 1.82) is 0 Å². The molecule has 1 heterocycles. The first kappa shape index (κ1) is 9.79. The van der Waals surface area contributed by atoms with Crippen LogP contribution in [0.5, 0.6) is 0 Å². The van der Waals surface area contributed by atoms with Crippen LogP contribution in [0.15, 0.2) is 6.20 Å². The van der Waals surface area contributed by atoms with Crippen LogP contribution >= 0.6 is 11.6 Å². The van der Waals surface area contributed by atoms with Crippen LogP contribution in [0.25, 0.3) is 0 Å². The molecular weight excluding hydrogens is 206 g/mol. The van der Waals surface area contributed by atoms with Gasteiger partial charge in [-0.05, 0) is 0 Å². The van der Waals surface area contributed by atoms with Crippen molar-refractivity contribution in [2.75, 3.05) is 0 Å². The Morgan fingerprint density at radius 1 is 1.62 bits per heavy atom. The Kier molecular flexibility index (Phi) is 2.72. The summed E-state index contributed by atoms with van der Waals surface area (Å²) in [6, 6.07) is 0. The Labute approximate surface area is 76.2 Å². The maximum absolute atomic E-state index is 12.1. The minimum Gasteiger partial charge on any atom is -0.476 e. The highest BCUT2D eigenvalue weighted by Crippen LogP contribution is 2.20. The highest BCUT2D eigenvalue weighted by atomic mass is 35.5. The molecule has 13 heavy (non-hydrogen) atoms. The van der Waals surface area contributed by atoms with E-state index >= 15 is 0 Å². The average Bonchev–Trinajstić information content (AvgIpc) is 2.03. The van der Waals surface area contributed by atoms with E-state index in [9.17, 15) is 13.6 Å². The second-order valence-electron chi connectivity index (χ2n) is 2.03. The SMILES string of the molecule is O=C(O)c1ncc(Cl)nc1C(F)F. The van der Waals surface area contributed by atoms with E-state index in [0.29, 0.717) is 0 Å². The lowest BCUT2D eigenvalue weighted by Crippen LogP contribution is -2.08. The van der Waals surface area contributed by atoms with Gasteiger partial charge in [0.2, 0.25) is 0 Å². The molecule has 0 aliphatic rings. The van der Waals surface area contributed by atoms with Gasteiger partial charge in [-0.25, -0.2) is 23.5 Å². The molecule has 0 bridgehead atoms. The zero-order valence-electron chi connectivity index (χ0n) is 6.04. The predicted octanol–water partition coefficient (Wildman–Crippen LogP) is 1.77. The van der Waals surface area contributed by atoms with Gasteiger partial charge < -0.3 is 5.11 Å². The molecule has 0 aliphatic heterocycles. The Morgan fingerprint density at radius 2 is 2.23 bits per heavy atom. The average molecular weight is 209 g/mol. The van der Waals surface area contributed by atoms with Crippen molar-refractivity contribution in [2.24, 2.45) is 0 Å². The highest BCUT2D eigenvalue weighted by Gasteiger charge is 2.21. The van der Waals surface area contributed by atoms with Gasteiger partial charge in [0.05, 0.1) is 6.20 Å². The molecule has 0 saturated heterocycles. The second kappa shape index (κ2) is 3.61. The van der Waals surface area contributed by atoms with Crippen molar-refractivity contribution in [3.8, 4) is 0 Å². The fourth-order valence-corrected chi connectivity index (χ4v) is 0.838. The lowest BCUT2D eigenvalue weighted by atomic mass is 10.3. The number of halogens is 3. The predicted molar refractivity (Wildman–Crippen MR) is 39.0 cm³/mol. The van der Waals surface area contributed by atoms with Crippen LogP contribution in [-0.2, 0) is 0 Å². The highest BCUT2D eigenvalue weighted by molar-refractivity contribution is 6.29. The van der Waals surface area contributed by atoms with Crippen molar-refractivity contribution in [3.63, 3.8) is 0 Å². The van der Waals surface area contributed by atoms with Crippen LogP contribution in [-0.4, -0.2) is 21.0 Å². The molecule has 7 heteroatoms. The van der Waals surface area contributed by atoms with E-state index in [0.717, 1.165) is 6.20 Å². The first-order chi connectivity index (χ1) is 6.02. The summed E-state index contributed by atoms with van der Waals surface area (Å²) in [5.74, 6) is -1.56. The lowest BCUT2D eigenvalue weighted by Gasteiger charge is -2.02. The van der Waals surface area contributed by atoms with Crippen molar-refractivity contribution in [3.05, 3.63) is 22.7 Å². The number of hydrogen-bond acceptors (Lipinski definition) is 3. The molecule has 0 fully saturated rings. The van der Waals surface area contributed by atoms with Gasteiger partial charge in [-0.2, -0.15) is 0 Å². The molecule has 0 aromatic carbocycles. The Morgan fingerprint density at radius 3 is 2.69 bits per heavy atom. The fourth-order valence-electron chi connectivity index (χ4n) is 0.698. The summed E-state index contributed by atoms with van der Waals surface area (Å²) in [6.45, 7) is 0.